The highest BCUT2D eigenvalue weighted by atomic mass is 32.1. The molecule has 0 bridgehead atoms. The maximum Gasteiger partial charge on any atom is 0.241 e. The number of nitrogens with zero attached hydrogens (tertiary/aromatic N) is 3. The maximum absolute atomic E-state index is 5.42. The molecule has 1 aromatic carbocycles. The third-order valence-corrected chi connectivity index (χ3v) is 5.51. The zero-order valence-corrected chi connectivity index (χ0v) is 14.4. The number of hydrogen-bond donors (Lipinski definition) is 0. The largest absolute Gasteiger partial charge is 0.338 e. The van der Waals surface area contributed by atoms with E-state index in [0.717, 1.165) is 36.3 Å². The summed E-state index contributed by atoms with van der Waals surface area (Å²) in [7, 11) is 0. The van der Waals surface area contributed by atoms with E-state index in [2.05, 4.69) is 45.4 Å². The van der Waals surface area contributed by atoms with Crippen molar-refractivity contribution in [3.63, 3.8) is 0 Å². The number of thiophene rings is 1. The summed E-state index contributed by atoms with van der Waals surface area (Å²) >= 11 is 1.64. The van der Waals surface area contributed by atoms with Crippen molar-refractivity contribution in [1.29, 1.82) is 0 Å². The molecule has 0 spiro atoms. The van der Waals surface area contributed by atoms with Crippen molar-refractivity contribution in [2.24, 2.45) is 5.92 Å². The lowest BCUT2D eigenvalue weighted by Crippen LogP contribution is -2.33. The van der Waals surface area contributed by atoms with Gasteiger partial charge in [0.25, 0.3) is 0 Å². The molecule has 3 aromatic rings. The third kappa shape index (κ3) is 3.74. The average molecular weight is 339 g/mol. The zero-order valence-electron chi connectivity index (χ0n) is 13.6. The second-order valence-electron chi connectivity index (χ2n) is 6.40. The fourth-order valence-corrected chi connectivity index (χ4v) is 3.96. The first-order chi connectivity index (χ1) is 11.9. The van der Waals surface area contributed by atoms with Gasteiger partial charge in [-0.05, 0) is 55.3 Å². The predicted molar refractivity (Wildman–Crippen MR) is 95.8 cm³/mol. The summed E-state index contributed by atoms with van der Waals surface area (Å²) in [5, 5.41) is 6.12. The molecule has 3 heterocycles. The van der Waals surface area contributed by atoms with Crippen molar-refractivity contribution >= 4 is 11.3 Å². The smallest absolute Gasteiger partial charge is 0.241 e. The van der Waals surface area contributed by atoms with Gasteiger partial charge in [-0.2, -0.15) is 4.98 Å². The first kappa shape index (κ1) is 15.5. The Labute approximate surface area is 146 Å². The summed E-state index contributed by atoms with van der Waals surface area (Å²) in [6.07, 6.45) is 3.67. The molecule has 5 heteroatoms. The molecule has 1 aliphatic heterocycles. The summed E-state index contributed by atoms with van der Waals surface area (Å²) in [6.45, 7) is 2.97. The van der Waals surface area contributed by atoms with Gasteiger partial charge in [0.2, 0.25) is 11.7 Å². The molecule has 0 atom stereocenters. The van der Waals surface area contributed by atoms with E-state index < -0.39 is 0 Å². The number of benzene rings is 1. The minimum atomic E-state index is 0.707. The minimum absolute atomic E-state index is 0.707. The van der Waals surface area contributed by atoms with Crippen LogP contribution in [0.5, 0.6) is 0 Å². The molecule has 1 saturated heterocycles. The Hall–Kier alpha value is -1.98. The van der Waals surface area contributed by atoms with Crippen molar-refractivity contribution in [3.8, 4) is 10.7 Å². The molecule has 0 saturated carbocycles. The fraction of sp³-hybridized carbons (Fsp3) is 0.368. The lowest BCUT2D eigenvalue weighted by atomic mass is 9.90. The lowest BCUT2D eigenvalue weighted by Gasteiger charge is -2.31. The summed E-state index contributed by atoms with van der Waals surface area (Å²) in [6, 6.07) is 14.8. The molecule has 0 aliphatic carbocycles. The maximum atomic E-state index is 5.42. The van der Waals surface area contributed by atoms with Gasteiger partial charge in [-0.15, -0.1) is 11.3 Å². The topological polar surface area (TPSA) is 42.2 Å². The Morgan fingerprint density at radius 2 is 1.92 bits per heavy atom. The predicted octanol–water partition coefficient (Wildman–Crippen LogP) is 4.25. The van der Waals surface area contributed by atoms with Crippen LogP contribution >= 0.6 is 11.3 Å². The number of rotatable bonds is 5. The van der Waals surface area contributed by atoms with E-state index in [-0.39, 0.29) is 0 Å². The van der Waals surface area contributed by atoms with Gasteiger partial charge in [0, 0.05) is 0 Å². The third-order valence-electron chi connectivity index (χ3n) is 4.64. The molecule has 1 fully saturated rings. The van der Waals surface area contributed by atoms with Crippen molar-refractivity contribution in [1.82, 2.24) is 15.0 Å². The van der Waals surface area contributed by atoms with Gasteiger partial charge in [0.15, 0.2) is 0 Å². The van der Waals surface area contributed by atoms with Crippen LogP contribution in [0.25, 0.3) is 10.7 Å². The molecular formula is C19H21N3OS. The Bertz CT molecular complexity index is 746. The van der Waals surface area contributed by atoms with Crippen LogP contribution in [0.4, 0.5) is 0 Å². The fourth-order valence-electron chi connectivity index (χ4n) is 3.31. The highest BCUT2D eigenvalue weighted by molar-refractivity contribution is 7.13. The Kier molecular flexibility index (Phi) is 4.71. The first-order valence-electron chi connectivity index (χ1n) is 8.49. The second kappa shape index (κ2) is 7.28. The Morgan fingerprint density at radius 1 is 1.08 bits per heavy atom. The SMILES string of the molecule is c1ccc(CC2CCN(Cc3nc(-c4cccs4)no3)CC2)cc1. The highest BCUT2D eigenvalue weighted by Gasteiger charge is 2.21. The van der Waals surface area contributed by atoms with E-state index in [1.54, 1.807) is 11.3 Å². The second-order valence-corrected chi connectivity index (χ2v) is 7.35. The summed E-state index contributed by atoms with van der Waals surface area (Å²) in [5.41, 5.74) is 1.45. The molecule has 0 radical (unpaired) electrons. The van der Waals surface area contributed by atoms with Crippen LogP contribution in [0.1, 0.15) is 24.3 Å². The van der Waals surface area contributed by atoms with E-state index >= 15 is 0 Å². The standard InChI is InChI=1S/C19H21N3OS/c1-2-5-15(6-3-1)13-16-8-10-22(11-9-16)14-18-20-19(21-23-18)17-7-4-12-24-17/h1-7,12,16H,8-11,13-14H2. The highest BCUT2D eigenvalue weighted by Crippen LogP contribution is 2.24. The molecule has 4 rings (SSSR count). The van der Waals surface area contributed by atoms with Crippen LogP contribution in [0.2, 0.25) is 0 Å². The lowest BCUT2D eigenvalue weighted by molar-refractivity contribution is 0.159. The van der Waals surface area contributed by atoms with Crippen molar-refractivity contribution in [3.05, 3.63) is 59.3 Å². The monoisotopic (exact) mass is 339 g/mol. The number of aromatic nitrogens is 2. The summed E-state index contributed by atoms with van der Waals surface area (Å²) in [4.78, 5) is 8.01. The van der Waals surface area contributed by atoms with Gasteiger partial charge in [-0.1, -0.05) is 41.6 Å². The molecule has 0 unspecified atom stereocenters. The molecule has 124 valence electrons. The van der Waals surface area contributed by atoms with Crippen LogP contribution in [0.15, 0.2) is 52.4 Å². The van der Waals surface area contributed by atoms with Crippen LogP contribution in [0.3, 0.4) is 0 Å². The zero-order chi connectivity index (χ0) is 16.2. The molecule has 0 amide bonds. The quantitative estimate of drug-likeness (QED) is 0.697. The van der Waals surface area contributed by atoms with Crippen molar-refractivity contribution < 1.29 is 4.52 Å². The molecular weight excluding hydrogens is 318 g/mol. The summed E-state index contributed by atoms with van der Waals surface area (Å²) < 4.78 is 5.42. The molecule has 2 aromatic heterocycles. The van der Waals surface area contributed by atoms with Gasteiger partial charge in [-0.3, -0.25) is 4.90 Å². The van der Waals surface area contributed by atoms with E-state index in [1.807, 2.05) is 17.5 Å². The van der Waals surface area contributed by atoms with Crippen LogP contribution in [0, 0.1) is 5.92 Å². The van der Waals surface area contributed by atoms with E-state index in [4.69, 9.17) is 4.52 Å². The average Bonchev–Trinajstić information content (AvgIpc) is 3.29. The number of piperidine rings is 1. The van der Waals surface area contributed by atoms with E-state index in [0.29, 0.717) is 5.82 Å². The minimum Gasteiger partial charge on any atom is -0.338 e. The van der Waals surface area contributed by atoms with Gasteiger partial charge in [0.05, 0.1) is 11.4 Å². The molecule has 4 nitrogen and oxygen atoms in total. The number of hydrogen-bond acceptors (Lipinski definition) is 5. The normalized spacial score (nSPS) is 16.5. The first-order valence-corrected chi connectivity index (χ1v) is 9.37. The molecule has 24 heavy (non-hydrogen) atoms. The van der Waals surface area contributed by atoms with Crippen LogP contribution in [-0.2, 0) is 13.0 Å². The Morgan fingerprint density at radius 3 is 2.67 bits per heavy atom. The van der Waals surface area contributed by atoms with Crippen molar-refractivity contribution in [2.75, 3.05) is 13.1 Å². The molecule has 0 N–H and O–H groups in total. The van der Waals surface area contributed by atoms with Gasteiger partial charge in [0.1, 0.15) is 0 Å². The van der Waals surface area contributed by atoms with Crippen molar-refractivity contribution in [2.45, 2.75) is 25.8 Å². The summed E-state index contributed by atoms with van der Waals surface area (Å²) in [5.74, 6) is 2.21. The van der Waals surface area contributed by atoms with Crippen LogP contribution < -0.4 is 0 Å². The van der Waals surface area contributed by atoms with Gasteiger partial charge < -0.3 is 4.52 Å². The van der Waals surface area contributed by atoms with Gasteiger partial charge >= 0.3 is 0 Å². The van der Waals surface area contributed by atoms with Gasteiger partial charge in [-0.25, -0.2) is 0 Å². The Balaban J connectivity index is 1.29. The number of likely N-dealkylation sites (tertiary alicyclic amines) is 1. The molecule has 1 aliphatic rings. The van der Waals surface area contributed by atoms with E-state index in [9.17, 15) is 0 Å². The van der Waals surface area contributed by atoms with Crippen LogP contribution in [-0.4, -0.2) is 28.1 Å². The van der Waals surface area contributed by atoms with E-state index in [1.165, 1.54) is 24.8 Å².